The van der Waals surface area contributed by atoms with Crippen LogP contribution in [0.5, 0.6) is 0 Å². The normalized spacial score (nSPS) is 10.2. The summed E-state index contributed by atoms with van der Waals surface area (Å²) in [4.78, 5) is 35.5. The van der Waals surface area contributed by atoms with E-state index in [0.717, 1.165) is 6.42 Å². The van der Waals surface area contributed by atoms with Crippen molar-refractivity contribution >= 4 is 5.97 Å². The van der Waals surface area contributed by atoms with Crippen molar-refractivity contribution in [1.29, 1.82) is 0 Å². The average molecular weight is 244 g/mol. The van der Waals surface area contributed by atoms with Crippen molar-refractivity contribution in [2.75, 3.05) is 0 Å². The molecule has 0 aliphatic heterocycles. The number of nitrogens with one attached hydrogen (secondary N) is 1. The van der Waals surface area contributed by atoms with Crippen molar-refractivity contribution in [2.45, 2.75) is 32.9 Å². The number of carbonyl (C=O) groups excluding carboxylic acids is 1. The van der Waals surface area contributed by atoms with Crippen molar-refractivity contribution in [3.05, 3.63) is 32.9 Å². The standard InChI is InChI=1S/C10H13FN2O4/c1-2-3-4-8(14)17-6-13-9(15)7(11)5-12-10(13)16/h5H,2-4,6H2,1H3,(H,12,16). The van der Waals surface area contributed by atoms with E-state index in [2.05, 4.69) is 4.74 Å². The minimum absolute atomic E-state index is 0.207. The van der Waals surface area contributed by atoms with E-state index < -0.39 is 29.8 Å². The summed E-state index contributed by atoms with van der Waals surface area (Å²) in [7, 11) is 0. The van der Waals surface area contributed by atoms with Crippen LogP contribution in [0.25, 0.3) is 0 Å². The first-order valence-corrected chi connectivity index (χ1v) is 5.20. The predicted molar refractivity (Wildman–Crippen MR) is 56.9 cm³/mol. The van der Waals surface area contributed by atoms with Gasteiger partial charge in [-0.2, -0.15) is 4.39 Å². The summed E-state index contributed by atoms with van der Waals surface area (Å²) in [6.07, 6.45) is 2.36. The van der Waals surface area contributed by atoms with Gasteiger partial charge in [-0.3, -0.25) is 9.59 Å². The SMILES string of the molecule is CCCCC(=O)OCn1c(=O)[nH]cc(F)c1=O. The van der Waals surface area contributed by atoms with Crippen LogP contribution in [0.3, 0.4) is 0 Å². The first-order valence-electron chi connectivity index (χ1n) is 5.20. The summed E-state index contributed by atoms with van der Waals surface area (Å²) in [5, 5.41) is 0. The van der Waals surface area contributed by atoms with Gasteiger partial charge in [0.05, 0.1) is 0 Å². The molecule has 0 radical (unpaired) electrons. The van der Waals surface area contributed by atoms with Crippen molar-refractivity contribution in [3.8, 4) is 0 Å². The number of unbranched alkanes of at least 4 members (excludes halogenated alkanes) is 1. The van der Waals surface area contributed by atoms with E-state index in [1.165, 1.54) is 0 Å². The molecule has 1 heterocycles. The lowest BCUT2D eigenvalue weighted by atomic mass is 10.3. The third kappa shape index (κ3) is 3.54. The zero-order valence-electron chi connectivity index (χ0n) is 9.36. The van der Waals surface area contributed by atoms with Crippen LogP contribution in [0.4, 0.5) is 4.39 Å². The quantitative estimate of drug-likeness (QED) is 0.758. The second-order valence-electron chi connectivity index (χ2n) is 3.42. The third-order valence-corrected chi connectivity index (χ3v) is 2.11. The zero-order valence-corrected chi connectivity index (χ0v) is 9.36. The average Bonchev–Trinajstić information content (AvgIpc) is 2.31. The van der Waals surface area contributed by atoms with Gasteiger partial charge in [0.2, 0.25) is 5.82 Å². The number of hydrogen-bond donors (Lipinski definition) is 1. The molecule has 17 heavy (non-hydrogen) atoms. The number of halogens is 1. The summed E-state index contributed by atoms with van der Waals surface area (Å²) in [5.41, 5.74) is -1.93. The lowest BCUT2D eigenvalue weighted by Gasteiger charge is -2.05. The summed E-state index contributed by atoms with van der Waals surface area (Å²) in [6, 6.07) is 0. The fourth-order valence-electron chi connectivity index (χ4n) is 1.13. The van der Waals surface area contributed by atoms with Gasteiger partial charge < -0.3 is 9.72 Å². The topological polar surface area (TPSA) is 81.2 Å². The number of hydrogen-bond acceptors (Lipinski definition) is 4. The molecule has 0 unspecified atom stereocenters. The Morgan fingerprint density at radius 1 is 1.53 bits per heavy atom. The number of aromatic nitrogens is 2. The molecule has 0 fully saturated rings. The Morgan fingerprint density at radius 3 is 2.88 bits per heavy atom. The number of nitrogens with zero attached hydrogens (tertiary/aromatic N) is 1. The molecule has 0 amide bonds. The Bertz CT molecular complexity index is 506. The van der Waals surface area contributed by atoms with Crippen LogP contribution >= 0.6 is 0 Å². The molecule has 1 rings (SSSR count). The highest BCUT2D eigenvalue weighted by molar-refractivity contribution is 5.69. The van der Waals surface area contributed by atoms with Gasteiger partial charge in [0, 0.05) is 12.6 Å². The zero-order chi connectivity index (χ0) is 12.8. The molecule has 1 aromatic rings. The number of ether oxygens (including phenoxy) is 1. The summed E-state index contributed by atoms with van der Waals surface area (Å²) in [5.74, 6) is -1.63. The third-order valence-electron chi connectivity index (χ3n) is 2.11. The van der Waals surface area contributed by atoms with Crippen molar-refractivity contribution in [3.63, 3.8) is 0 Å². The first-order chi connectivity index (χ1) is 8.06. The molecule has 94 valence electrons. The molecule has 0 saturated heterocycles. The molecule has 0 bridgehead atoms. The molecule has 7 heteroatoms. The van der Waals surface area contributed by atoms with Gasteiger partial charge >= 0.3 is 11.7 Å². The van der Waals surface area contributed by atoms with E-state index >= 15 is 0 Å². The number of rotatable bonds is 5. The summed E-state index contributed by atoms with van der Waals surface area (Å²) in [6.45, 7) is 1.34. The van der Waals surface area contributed by atoms with E-state index in [1.807, 2.05) is 11.9 Å². The molecular weight excluding hydrogens is 231 g/mol. The Labute approximate surface area is 96.0 Å². The number of aromatic amines is 1. The van der Waals surface area contributed by atoms with Gasteiger partial charge in [0.15, 0.2) is 6.73 Å². The summed E-state index contributed by atoms with van der Waals surface area (Å²) < 4.78 is 18.0. The molecule has 0 spiro atoms. The van der Waals surface area contributed by atoms with E-state index in [1.54, 1.807) is 0 Å². The van der Waals surface area contributed by atoms with Gasteiger partial charge in [-0.1, -0.05) is 13.3 Å². The van der Waals surface area contributed by atoms with Gasteiger partial charge in [0.25, 0.3) is 5.56 Å². The Morgan fingerprint density at radius 2 is 2.24 bits per heavy atom. The van der Waals surface area contributed by atoms with E-state index in [-0.39, 0.29) is 6.42 Å². The van der Waals surface area contributed by atoms with Crippen LogP contribution in [0, 0.1) is 5.82 Å². The van der Waals surface area contributed by atoms with Crippen molar-refractivity contribution < 1.29 is 13.9 Å². The van der Waals surface area contributed by atoms with Crippen LogP contribution in [0.15, 0.2) is 15.8 Å². The van der Waals surface area contributed by atoms with Gasteiger partial charge in [-0.05, 0) is 6.42 Å². The molecule has 1 N–H and O–H groups in total. The summed E-state index contributed by atoms with van der Waals surface area (Å²) >= 11 is 0. The van der Waals surface area contributed by atoms with E-state index in [4.69, 9.17) is 0 Å². The minimum Gasteiger partial charge on any atom is -0.444 e. The maximum atomic E-state index is 12.8. The molecule has 0 aliphatic carbocycles. The lowest BCUT2D eigenvalue weighted by Crippen LogP contribution is -2.37. The molecular formula is C10H13FN2O4. The highest BCUT2D eigenvalue weighted by atomic mass is 19.1. The van der Waals surface area contributed by atoms with Gasteiger partial charge in [0.1, 0.15) is 0 Å². The Balaban J connectivity index is 2.70. The van der Waals surface area contributed by atoms with Crippen LogP contribution in [-0.4, -0.2) is 15.5 Å². The maximum Gasteiger partial charge on any atom is 0.331 e. The van der Waals surface area contributed by atoms with Crippen molar-refractivity contribution in [1.82, 2.24) is 9.55 Å². The molecule has 0 atom stereocenters. The van der Waals surface area contributed by atoms with Crippen LogP contribution < -0.4 is 11.2 Å². The predicted octanol–water partition coefficient (Wildman–Crippen LogP) is 0.367. The Kier molecular flexibility index (Phi) is 4.62. The molecule has 0 aliphatic rings. The minimum atomic E-state index is -1.11. The van der Waals surface area contributed by atoms with Crippen LogP contribution in [0.1, 0.15) is 26.2 Å². The van der Waals surface area contributed by atoms with Gasteiger partial charge in [-0.25, -0.2) is 9.36 Å². The lowest BCUT2D eigenvalue weighted by molar-refractivity contribution is -0.147. The Hall–Kier alpha value is -1.92. The molecule has 1 aromatic heterocycles. The largest absolute Gasteiger partial charge is 0.444 e. The smallest absolute Gasteiger partial charge is 0.331 e. The fraction of sp³-hybridized carbons (Fsp3) is 0.500. The number of esters is 1. The van der Waals surface area contributed by atoms with E-state index in [9.17, 15) is 18.8 Å². The highest BCUT2D eigenvalue weighted by Gasteiger charge is 2.08. The second kappa shape index (κ2) is 5.97. The fourth-order valence-corrected chi connectivity index (χ4v) is 1.13. The molecule has 0 aromatic carbocycles. The van der Waals surface area contributed by atoms with Gasteiger partial charge in [-0.15, -0.1) is 0 Å². The first kappa shape index (κ1) is 13.1. The molecule has 6 nitrogen and oxygen atoms in total. The van der Waals surface area contributed by atoms with Crippen LogP contribution in [-0.2, 0) is 16.3 Å². The number of carbonyl (C=O) groups is 1. The maximum absolute atomic E-state index is 12.8. The van der Waals surface area contributed by atoms with Crippen LogP contribution in [0.2, 0.25) is 0 Å². The highest BCUT2D eigenvalue weighted by Crippen LogP contribution is 1.96. The molecule has 0 saturated carbocycles. The van der Waals surface area contributed by atoms with Crippen molar-refractivity contribution in [2.24, 2.45) is 0 Å². The van der Waals surface area contributed by atoms with E-state index in [0.29, 0.717) is 17.2 Å². The monoisotopic (exact) mass is 244 g/mol. The second-order valence-corrected chi connectivity index (χ2v) is 3.42. The number of H-pyrrole nitrogens is 1.